The molecule has 0 aromatic heterocycles. The first kappa shape index (κ1) is 13.8. The molecule has 1 N–H and O–H groups in total. The molecule has 0 saturated heterocycles. The maximum absolute atomic E-state index is 11.2. The van der Waals surface area contributed by atoms with Crippen molar-refractivity contribution in [3.63, 3.8) is 0 Å². The van der Waals surface area contributed by atoms with Gasteiger partial charge in [-0.2, -0.15) is 0 Å². The van der Waals surface area contributed by atoms with Crippen molar-refractivity contribution in [2.75, 3.05) is 13.2 Å². The van der Waals surface area contributed by atoms with E-state index in [1.54, 1.807) is 0 Å². The van der Waals surface area contributed by atoms with E-state index >= 15 is 0 Å². The zero-order chi connectivity index (χ0) is 13.5. The molecule has 0 fully saturated rings. The summed E-state index contributed by atoms with van der Waals surface area (Å²) in [5.41, 5.74) is -0.149. The zero-order valence-corrected chi connectivity index (χ0v) is 9.94. The van der Waals surface area contributed by atoms with Crippen molar-refractivity contribution in [3.8, 4) is 18.1 Å². The number of halogens is 1. The van der Waals surface area contributed by atoms with Crippen LogP contribution in [0.15, 0.2) is 18.2 Å². The minimum absolute atomic E-state index is 0.0638. The van der Waals surface area contributed by atoms with Gasteiger partial charge in [0.25, 0.3) is 11.6 Å². The Kier molecular flexibility index (Phi) is 4.96. The highest BCUT2D eigenvalue weighted by atomic mass is 35.5. The van der Waals surface area contributed by atoms with Crippen molar-refractivity contribution in [3.05, 3.63) is 33.3 Å². The van der Waals surface area contributed by atoms with Crippen LogP contribution < -0.4 is 10.1 Å². The van der Waals surface area contributed by atoms with Crippen LogP contribution >= 0.6 is 11.6 Å². The zero-order valence-electron chi connectivity index (χ0n) is 9.18. The van der Waals surface area contributed by atoms with E-state index in [-0.39, 0.29) is 29.6 Å². The van der Waals surface area contributed by atoms with Gasteiger partial charge in [-0.05, 0) is 6.07 Å². The van der Waals surface area contributed by atoms with Crippen LogP contribution in [0.5, 0.6) is 5.75 Å². The molecule has 0 spiro atoms. The Morgan fingerprint density at radius 3 is 2.89 bits per heavy atom. The van der Waals surface area contributed by atoms with E-state index in [0.717, 1.165) is 6.07 Å². The molecule has 0 atom stereocenters. The Bertz CT molecular complexity index is 510. The topological polar surface area (TPSA) is 81.5 Å². The SMILES string of the molecule is C#CCNC(=O)COc1ccc([N+](=O)[O-])cc1Cl. The van der Waals surface area contributed by atoms with Gasteiger partial charge in [-0.3, -0.25) is 14.9 Å². The summed E-state index contributed by atoms with van der Waals surface area (Å²) in [4.78, 5) is 21.1. The number of terminal acetylenes is 1. The third-order valence-electron chi connectivity index (χ3n) is 1.87. The van der Waals surface area contributed by atoms with Gasteiger partial charge in [-0.25, -0.2) is 0 Å². The monoisotopic (exact) mass is 268 g/mol. The lowest BCUT2D eigenvalue weighted by molar-refractivity contribution is -0.384. The molecule has 6 nitrogen and oxygen atoms in total. The van der Waals surface area contributed by atoms with Gasteiger partial charge >= 0.3 is 0 Å². The van der Waals surface area contributed by atoms with E-state index in [1.807, 2.05) is 0 Å². The predicted molar refractivity (Wildman–Crippen MR) is 65.4 cm³/mol. The Balaban J connectivity index is 2.61. The highest BCUT2D eigenvalue weighted by Crippen LogP contribution is 2.28. The Hall–Kier alpha value is -2.26. The molecule has 7 heteroatoms. The lowest BCUT2D eigenvalue weighted by Crippen LogP contribution is -2.29. The van der Waals surface area contributed by atoms with E-state index < -0.39 is 10.8 Å². The highest BCUT2D eigenvalue weighted by Gasteiger charge is 2.11. The molecule has 1 aromatic carbocycles. The highest BCUT2D eigenvalue weighted by molar-refractivity contribution is 6.32. The fourth-order valence-corrected chi connectivity index (χ4v) is 1.29. The molecule has 94 valence electrons. The van der Waals surface area contributed by atoms with Crippen LogP contribution in [0.2, 0.25) is 5.02 Å². The fourth-order valence-electron chi connectivity index (χ4n) is 1.06. The van der Waals surface area contributed by atoms with Crippen LogP contribution in [0, 0.1) is 22.5 Å². The van der Waals surface area contributed by atoms with Gasteiger partial charge in [-0.15, -0.1) is 6.42 Å². The van der Waals surface area contributed by atoms with Crippen molar-refractivity contribution >= 4 is 23.2 Å². The van der Waals surface area contributed by atoms with Gasteiger partial charge in [0.15, 0.2) is 6.61 Å². The number of rotatable bonds is 5. The summed E-state index contributed by atoms with van der Waals surface area (Å²) in [6, 6.07) is 3.71. The Morgan fingerprint density at radius 2 is 2.33 bits per heavy atom. The van der Waals surface area contributed by atoms with Crippen molar-refractivity contribution in [1.29, 1.82) is 0 Å². The molecule has 1 aromatic rings. The second-order valence-corrected chi connectivity index (χ2v) is 3.55. The minimum atomic E-state index is -0.574. The van der Waals surface area contributed by atoms with Crippen LogP contribution in [-0.2, 0) is 4.79 Å². The number of nitrogens with one attached hydrogen (secondary N) is 1. The van der Waals surface area contributed by atoms with E-state index in [9.17, 15) is 14.9 Å². The maximum Gasteiger partial charge on any atom is 0.271 e. The quantitative estimate of drug-likeness (QED) is 0.497. The van der Waals surface area contributed by atoms with Gasteiger partial charge in [0.05, 0.1) is 16.5 Å². The number of amides is 1. The number of hydrogen-bond donors (Lipinski definition) is 1. The number of ether oxygens (including phenoxy) is 1. The van der Waals surface area contributed by atoms with Gasteiger partial charge in [-0.1, -0.05) is 17.5 Å². The molecule has 0 unspecified atom stereocenters. The Labute approximate surface area is 108 Å². The third-order valence-corrected chi connectivity index (χ3v) is 2.17. The number of nitrogens with zero attached hydrogens (tertiary/aromatic N) is 1. The summed E-state index contributed by atoms with van der Waals surface area (Å²) >= 11 is 5.77. The summed E-state index contributed by atoms with van der Waals surface area (Å²) in [7, 11) is 0. The van der Waals surface area contributed by atoms with E-state index in [2.05, 4.69) is 11.2 Å². The van der Waals surface area contributed by atoms with Gasteiger partial charge in [0, 0.05) is 12.1 Å². The molecule has 0 radical (unpaired) electrons. The third kappa shape index (κ3) is 3.96. The summed E-state index contributed by atoms with van der Waals surface area (Å²) in [6.07, 6.45) is 4.96. The molecule has 18 heavy (non-hydrogen) atoms. The number of nitro groups is 1. The number of benzene rings is 1. The van der Waals surface area contributed by atoms with E-state index in [0.29, 0.717) is 0 Å². The first-order valence-corrected chi connectivity index (χ1v) is 5.19. The number of carbonyl (C=O) groups is 1. The van der Waals surface area contributed by atoms with Crippen molar-refractivity contribution in [2.45, 2.75) is 0 Å². The second-order valence-electron chi connectivity index (χ2n) is 3.14. The number of carbonyl (C=O) groups excluding carboxylic acids is 1. The molecule has 1 rings (SSSR count). The maximum atomic E-state index is 11.2. The average Bonchev–Trinajstić information content (AvgIpc) is 2.34. The normalized spacial score (nSPS) is 9.33. The molecule has 0 bridgehead atoms. The summed E-state index contributed by atoms with van der Waals surface area (Å²) in [5.74, 6) is 2.03. The number of non-ortho nitro benzene ring substituents is 1. The molecule has 0 saturated carbocycles. The fraction of sp³-hybridized carbons (Fsp3) is 0.182. The van der Waals surface area contributed by atoms with Crippen molar-refractivity contribution < 1.29 is 14.5 Å². The summed E-state index contributed by atoms with van der Waals surface area (Å²) < 4.78 is 5.10. The lowest BCUT2D eigenvalue weighted by atomic mass is 10.3. The van der Waals surface area contributed by atoms with Crippen LogP contribution in [0.4, 0.5) is 5.69 Å². The van der Waals surface area contributed by atoms with Crippen molar-refractivity contribution in [1.82, 2.24) is 5.32 Å². The standard InChI is InChI=1S/C11H9ClN2O4/c1-2-5-13-11(15)7-18-10-4-3-8(14(16)17)6-9(10)12/h1,3-4,6H,5,7H2,(H,13,15). The van der Waals surface area contributed by atoms with Crippen molar-refractivity contribution in [2.24, 2.45) is 0 Å². The molecule has 0 heterocycles. The predicted octanol–water partition coefficient (Wildman–Crippen LogP) is 1.38. The van der Waals surface area contributed by atoms with E-state index in [1.165, 1.54) is 12.1 Å². The first-order chi connectivity index (χ1) is 8.54. The van der Waals surface area contributed by atoms with Gasteiger partial charge in [0.1, 0.15) is 5.75 Å². The minimum Gasteiger partial charge on any atom is -0.482 e. The van der Waals surface area contributed by atoms with Gasteiger partial charge in [0.2, 0.25) is 0 Å². The second kappa shape index (κ2) is 6.47. The molecule has 0 aliphatic carbocycles. The van der Waals surface area contributed by atoms with Crippen LogP contribution in [0.1, 0.15) is 0 Å². The van der Waals surface area contributed by atoms with Crippen LogP contribution in [0.3, 0.4) is 0 Å². The van der Waals surface area contributed by atoms with Crippen LogP contribution in [-0.4, -0.2) is 24.0 Å². The van der Waals surface area contributed by atoms with Gasteiger partial charge < -0.3 is 10.1 Å². The summed E-state index contributed by atoms with van der Waals surface area (Å²) in [5, 5.41) is 12.9. The smallest absolute Gasteiger partial charge is 0.271 e. The summed E-state index contributed by atoms with van der Waals surface area (Å²) in [6.45, 7) is -0.157. The largest absolute Gasteiger partial charge is 0.482 e. The molecule has 0 aliphatic rings. The first-order valence-electron chi connectivity index (χ1n) is 4.81. The van der Waals surface area contributed by atoms with Crippen LogP contribution in [0.25, 0.3) is 0 Å². The molecule has 1 amide bonds. The van der Waals surface area contributed by atoms with E-state index in [4.69, 9.17) is 22.8 Å². The lowest BCUT2D eigenvalue weighted by Gasteiger charge is -2.07. The molecule has 0 aliphatic heterocycles. The molecular formula is C11H9ClN2O4. The Morgan fingerprint density at radius 1 is 1.61 bits per heavy atom. The number of hydrogen-bond acceptors (Lipinski definition) is 4. The average molecular weight is 269 g/mol. The molecular weight excluding hydrogens is 260 g/mol. The number of nitro benzene ring substituents is 1.